The average Bonchev–Trinajstić information content (AvgIpc) is 2.51. The van der Waals surface area contributed by atoms with Gasteiger partial charge in [0.2, 0.25) is 11.8 Å². The van der Waals surface area contributed by atoms with Crippen molar-refractivity contribution in [3.63, 3.8) is 0 Å². The van der Waals surface area contributed by atoms with E-state index in [1.807, 2.05) is 0 Å². The van der Waals surface area contributed by atoms with Crippen LogP contribution in [0.2, 0.25) is 0 Å². The largest absolute Gasteiger partial charge is 0.480 e. The second-order valence-corrected chi connectivity index (χ2v) is 4.94. The molecule has 1 aromatic rings. The van der Waals surface area contributed by atoms with Crippen molar-refractivity contribution in [2.24, 2.45) is 0 Å². The Morgan fingerprint density at radius 1 is 1.35 bits per heavy atom. The molecule has 23 heavy (non-hydrogen) atoms. The van der Waals surface area contributed by atoms with Gasteiger partial charge in [-0.25, -0.2) is 4.79 Å². The summed E-state index contributed by atoms with van der Waals surface area (Å²) < 4.78 is 0. The van der Waals surface area contributed by atoms with Crippen LogP contribution < -0.4 is 20.9 Å². The lowest BCUT2D eigenvalue weighted by Gasteiger charge is -2.29. The normalized spacial score (nSPS) is 14.3. The average molecular weight is 320 g/mol. The van der Waals surface area contributed by atoms with Crippen molar-refractivity contribution in [3.8, 4) is 0 Å². The van der Waals surface area contributed by atoms with Crippen LogP contribution in [-0.4, -0.2) is 48.1 Å². The first-order valence-electron chi connectivity index (χ1n) is 6.85. The van der Waals surface area contributed by atoms with Crippen molar-refractivity contribution < 1.29 is 24.3 Å². The summed E-state index contributed by atoms with van der Waals surface area (Å²) in [5, 5.41) is 15.9. The third-order valence-electron chi connectivity index (χ3n) is 3.16. The molecule has 1 aliphatic rings. The molecular formula is C14H16N4O5. The van der Waals surface area contributed by atoms with Gasteiger partial charge in [-0.1, -0.05) is 12.1 Å². The highest BCUT2D eigenvalue weighted by molar-refractivity contribution is 6.09. The van der Waals surface area contributed by atoms with Crippen molar-refractivity contribution in [2.45, 2.75) is 13.0 Å². The molecule has 0 aliphatic carbocycles. The van der Waals surface area contributed by atoms with Crippen LogP contribution in [0, 0.1) is 0 Å². The fourth-order valence-corrected chi connectivity index (χ4v) is 2.02. The topological polar surface area (TPSA) is 128 Å². The van der Waals surface area contributed by atoms with E-state index in [0.717, 1.165) is 0 Å². The molecule has 1 unspecified atom stereocenters. The first-order valence-corrected chi connectivity index (χ1v) is 6.85. The molecule has 4 amide bonds. The van der Waals surface area contributed by atoms with E-state index in [1.54, 1.807) is 24.3 Å². The molecule has 1 atom stereocenters. The number of carbonyl (C=O) groups is 4. The number of benzene rings is 1. The summed E-state index contributed by atoms with van der Waals surface area (Å²) in [6.07, 6.45) is 0. The molecule has 2 rings (SSSR count). The minimum atomic E-state index is -1.17. The number of rotatable bonds is 4. The number of carboxylic acid groups (broad SMARTS) is 1. The number of amides is 4. The number of hydrogen-bond acceptors (Lipinski definition) is 4. The van der Waals surface area contributed by atoms with Crippen LogP contribution in [0.5, 0.6) is 0 Å². The third kappa shape index (κ3) is 3.96. The Balaban J connectivity index is 1.97. The SMILES string of the molecule is CC(NC(=O)CNC(=O)N1CC(=O)Nc2ccccc21)C(=O)O. The quantitative estimate of drug-likeness (QED) is 0.608. The van der Waals surface area contributed by atoms with Crippen molar-refractivity contribution >= 4 is 35.2 Å². The fourth-order valence-electron chi connectivity index (χ4n) is 2.02. The predicted octanol–water partition coefficient (Wildman–Crippen LogP) is -0.256. The van der Waals surface area contributed by atoms with Crippen LogP contribution in [0.1, 0.15) is 6.92 Å². The first kappa shape index (κ1) is 16.3. The summed E-state index contributed by atoms with van der Waals surface area (Å²) in [7, 11) is 0. The number of nitrogens with one attached hydrogen (secondary N) is 3. The second kappa shape index (κ2) is 6.77. The van der Waals surface area contributed by atoms with Crippen LogP contribution in [0.25, 0.3) is 0 Å². The van der Waals surface area contributed by atoms with Gasteiger partial charge in [0, 0.05) is 0 Å². The van der Waals surface area contributed by atoms with E-state index in [1.165, 1.54) is 11.8 Å². The smallest absolute Gasteiger partial charge is 0.325 e. The van der Waals surface area contributed by atoms with Gasteiger partial charge in [-0.3, -0.25) is 19.3 Å². The Kier molecular flexibility index (Phi) is 4.79. The lowest BCUT2D eigenvalue weighted by atomic mass is 10.2. The summed E-state index contributed by atoms with van der Waals surface area (Å²) in [5.41, 5.74) is 1.02. The molecular weight excluding hydrogens is 304 g/mol. The summed E-state index contributed by atoms with van der Waals surface area (Å²) in [4.78, 5) is 47.2. The standard InChI is InChI=1S/C14H16N4O5/c1-8(13(21)22)16-11(19)6-15-14(23)18-7-12(20)17-9-4-2-3-5-10(9)18/h2-5,8H,6-7H2,1H3,(H,15,23)(H,16,19)(H,17,20)(H,21,22). The minimum absolute atomic E-state index is 0.171. The fraction of sp³-hybridized carbons (Fsp3) is 0.286. The van der Waals surface area contributed by atoms with Gasteiger partial charge in [-0.05, 0) is 19.1 Å². The molecule has 0 radical (unpaired) electrons. The molecule has 4 N–H and O–H groups in total. The molecule has 1 aromatic carbocycles. The van der Waals surface area contributed by atoms with Crippen molar-refractivity contribution in [2.75, 3.05) is 23.3 Å². The van der Waals surface area contributed by atoms with Gasteiger partial charge in [-0.2, -0.15) is 0 Å². The molecule has 0 bridgehead atoms. The molecule has 1 aliphatic heterocycles. The van der Waals surface area contributed by atoms with Crippen molar-refractivity contribution in [1.29, 1.82) is 0 Å². The van der Waals surface area contributed by atoms with Gasteiger partial charge in [0.25, 0.3) is 0 Å². The number of hydrogen-bond donors (Lipinski definition) is 4. The highest BCUT2D eigenvalue weighted by atomic mass is 16.4. The Labute approximate surface area is 131 Å². The monoisotopic (exact) mass is 320 g/mol. The van der Waals surface area contributed by atoms with Crippen LogP contribution in [0.3, 0.4) is 0 Å². The molecule has 9 nitrogen and oxygen atoms in total. The Morgan fingerprint density at radius 3 is 2.74 bits per heavy atom. The van der Waals surface area contributed by atoms with Gasteiger partial charge >= 0.3 is 12.0 Å². The summed E-state index contributed by atoms with van der Waals surface area (Å²) >= 11 is 0. The molecule has 9 heteroatoms. The van der Waals surface area contributed by atoms with Crippen LogP contribution in [-0.2, 0) is 14.4 Å². The Bertz CT molecular complexity index is 660. The van der Waals surface area contributed by atoms with Crippen molar-refractivity contribution in [3.05, 3.63) is 24.3 Å². The lowest BCUT2D eigenvalue weighted by Crippen LogP contribution is -2.50. The van der Waals surface area contributed by atoms with Crippen LogP contribution in [0.4, 0.5) is 16.2 Å². The van der Waals surface area contributed by atoms with Crippen LogP contribution in [0.15, 0.2) is 24.3 Å². The number of carbonyl (C=O) groups excluding carboxylic acids is 3. The lowest BCUT2D eigenvalue weighted by molar-refractivity contribution is -0.141. The zero-order valence-electron chi connectivity index (χ0n) is 12.3. The number of nitrogens with zero attached hydrogens (tertiary/aromatic N) is 1. The minimum Gasteiger partial charge on any atom is -0.480 e. The third-order valence-corrected chi connectivity index (χ3v) is 3.16. The molecule has 1 heterocycles. The van der Waals surface area contributed by atoms with E-state index in [9.17, 15) is 19.2 Å². The summed E-state index contributed by atoms with van der Waals surface area (Å²) in [6, 6.07) is 5.10. The highest BCUT2D eigenvalue weighted by Crippen LogP contribution is 2.28. The van der Waals surface area contributed by atoms with Gasteiger partial charge in [0.1, 0.15) is 12.6 Å². The van der Waals surface area contributed by atoms with E-state index in [2.05, 4.69) is 16.0 Å². The van der Waals surface area contributed by atoms with Gasteiger partial charge in [0.15, 0.2) is 0 Å². The van der Waals surface area contributed by atoms with E-state index in [0.29, 0.717) is 11.4 Å². The van der Waals surface area contributed by atoms with Gasteiger partial charge in [-0.15, -0.1) is 0 Å². The summed E-state index contributed by atoms with van der Waals surface area (Å²) in [5.74, 6) is -2.16. The van der Waals surface area contributed by atoms with E-state index in [4.69, 9.17) is 5.11 Å². The molecule has 122 valence electrons. The molecule has 0 aromatic heterocycles. The molecule has 0 spiro atoms. The Hall–Kier alpha value is -3.10. The number of para-hydroxylation sites is 2. The van der Waals surface area contributed by atoms with Crippen molar-refractivity contribution in [1.82, 2.24) is 10.6 Å². The molecule has 0 fully saturated rings. The second-order valence-electron chi connectivity index (χ2n) is 4.94. The number of carboxylic acids is 1. The zero-order valence-corrected chi connectivity index (χ0v) is 12.3. The molecule has 0 saturated carbocycles. The van der Waals surface area contributed by atoms with Gasteiger partial charge in [0.05, 0.1) is 17.9 Å². The maximum atomic E-state index is 12.2. The maximum absolute atomic E-state index is 12.2. The molecule has 0 saturated heterocycles. The number of fused-ring (bicyclic) bond motifs is 1. The maximum Gasteiger partial charge on any atom is 0.325 e. The number of aliphatic carboxylic acids is 1. The van der Waals surface area contributed by atoms with E-state index >= 15 is 0 Å². The van der Waals surface area contributed by atoms with Crippen LogP contribution >= 0.6 is 0 Å². The van der Waals surface area contributed by atoms with E-state index in [-0.39, 0.29) is 12.5 Å². The number of urea groups is 1. The number of anilines is 2. The van der Waals surface area contributed by atoms with E-state index < -0.39 is 30.5 Å². The highest BCUT2D eigenvalue weighted by Gasteiger charge is 2.26. The zero-order chi connectivity index (χ0) is 17.0. The Morgan fingerprint density at radius 2 is 2.04 bits per heavy atom. The predicted molar refractivity (Wildman–Crippen MR) is 81.1 cm³/mol. The van der Waals surface area contributed by atoms with Gasteiger partial charge < -0.3 is 21.1 Å². The summed E-state index contributed by atoms with van der Waals surface area (Å²) in [6.45, 7) is 0.750. The first-order chi connectivity index (χ1) is 10.9.